The largest absolute Gasteiger partial charge is 0.243 e. The molecule has 2 unspecified atom stereocenters. The summed E-state index contributed by atoms with van der Waals surface area (Å²) in [6.45, 7) is 0. The van der Waals surface area contributed by atoms with Crippen LogP contribution in [-0.4, -0.2) is 39.8 Å². The average molecular weight is 353 g/mol. The molecule has 2 aromatic rings. The van der Waals surface area contributed by atoms with Crippen molar-refractivity contribution in [3.63, 3.8) is 0 Å². The van der Waals surface area contributed by atoms with Crippen LogP contribution in [0, 0.1) is 0 Å². The molecule has 2 bridgehead atoms. The number of hydrogen-bond acceptors (Lipinski definition) is 4. The summed E-state index contributed by atoms with van der Waals surface area (Å²) >= 11 is 5.97. The summed E-state index contributed by atoms with van der Waals surface area (Å²) in [4.78, 5) is 1.99. The molecule has 4 rings (SSSR count). The predicted molar refractivity (Wildman–Crippen MR) is 85.6 cm³/mol. The van der Waals surface area contributed by atoms with Crippen LogP contribution in [0.25, 0.3) is 0 Å². The van der Waals surface area contributed by atoms with Crippen LogP contribution >= 0.6 is 11.6 Å². The summed E-state index contributed by atoms with van der Waals surface area (Å²) in [6, 6.07) is 6.69. The number of nitrogens with zero attached hydrogens (tertiary/aromatic N) is 4. The minimum Gasteiger partial charge on any atom is -0.207 e. The highest BCUT2D eigenvalue weighted by molar-refractivity contribution is 7.89. The third-order valence-electron chi connectivity index (χ3n) is 4.78. The van der Waals surface area contributed by atoms with Crippen molar-refractivity contribution >= 4 is 21.6 Å². The number of fused-ring (bicyclic) bond motifs is 2. The summed E-state index contributed by atoms with van der Waals surface area (Å²) in [5.41, 5.74) is 0. The fourth-order valence-electron chi connectivity index (χ4n) is 3.85. The van der Waals surface area contributed by atoms with E-state index in [-0.39, 0.29) is 23.0 Å². The fraction of sp³-hybridized carbons (Fsp3) is 0.467. The number of hydrogen-bond donors (Lipinski definition) is 0. The van der Waals surface area contributed by atoms with Crippen molar-refractivity contribution in [2.24, 2.45) is 0 Å². The zero-order valence-corrected chi connectivity index (χ0v) is 14.0. The summed E-state index contributed by atoms with van der Waals surface area (Å²) in [6.07, 6.45) is 6.62. The molecule has 2 aliphatic heterocycles. The number of halogens is 1. The van der Waals surface area contributed by atoms with E-state index in [0.717, 1.165) is 25.7 Å². The first-order valence-electron chi connectivity index (χ1n) is 7.70. The van der Waals surface area contributed by atoms with Gasteiger partial charge < -0.3 is 0 Å². The number of sulfonamides is 1. The van der Waals surface area contributed by atoms with Gasteiger partial charge in [0.2, 0.25) is 10.0 Å². The second-order valence-corrected chi connectivity index (χ2v) is 8.43. The summed E-state index contributed by atoms with van der Waals surface area (Å²) in [5.74, 6) is 0. The second-order valence-electron chi connectivity index (χ2n) is 6.15. The minimum atomic E-state index is -3.51. The van der Waals surface area contributed by atoms with Crippen LogP contribution in [0.2, 0.25) is 5.02 Å². The van der Waals surface area contributed by atoms with Gasteiger partial charge in [0.05, 0.1) is 23.3 Å². The molecule has 0 saturated carbocycles. The lowest BCUT2D eigenvalue weighted by molar-refractivity contribution is 0.174. The van der Waals surface area contributed by atoms with Crippen molar-refractivity contribution < 1.29 is 8.42 Å². The first-order chi connectivity index (χ1) is 11.1. The van der Waals surface area contributed by atoms with Crippen molar-refractivity contribution in [1.82, 2.24) is 19.3 Å². The van der Waals surface area contributed by atoms with Gasteiger partial charge in [0.15, 0.2) is 0 Å². The summed E-state index contributed by atoms with van der Waals surface area (Å²) in [5, 5.41) is 8.87. The van der Waals surface area contributed by atoms with Crippen LogP contribution in [0.5, 0.6) is 0 Å². The van der Waals surface area contributed by atoms with Crippen molar-refractivity contribution in [3.05, 3.63) is 41.7 Å². The van der Waals surface area contributed by atoms with Gasteiger partial charge in [0.25, 0.3) is 0 Å². The van der Waals surface area contributed by atoms with E-state index in [0.29, 0.717) is 5.02 Å². The number of aromatic nitrogens is 3. The van der Waals surface area contributed by atoms with Gasteiger partial charge in [-0.15, -0.1) is 0 Å². The molecule has 2 atom stereocenters. The van der Waals surface area contributed by atoms with Gasteiger partial charge in [0.1, 0.15) is 0 Å². The van der Waals surface area contributed by atoms with Gasteiger partial charge in [-0.1, -0.05) is 17.7 Å². The summed E-state index contributed by atoms with van der Waals surface area (Å²) in [7, 11) is -3.51. The molecule has 8 heteroatoms. The van der Waals surface area contributed by atoms with Crippen LogP contribution in [0.4, 0.5) is 0 Å². The maximum absolute atomic E-state index is 13.0. The SMILES string of the molecule is O=S(=O)(c1cccc(Cl)c1)N1C2CCC1CC(n1nccn1)C2. The van der Waals surface area contributed by atoms with Crippen molar-refractivity contribution in [2.45, 2.75) is 48.7 Å². The highest BCUT2D eigenvalue weighted by Crippen LogP contribution is 2.43. The third kappa shape index (κ3) is 2.56. The maximum Gasteiger partial charge on any atom is 0.243 e. The molecule has 23 heavy (non-hydrogen) atoms. The van der Waals surface area contributed by atoms with Gasteiger partial charge in [0, 0.05) is 17.1 Å². The molecular formula is C15H17ClN4O2S. The molecule has 0 amide bonds. The predicted octanol–water partition coefficient (Wildman–Crippen LogP) is 2.49. The highest BCUT2D eigenvalue weighted by atomic mass is 35.5. The molecule has 2 saturated heterocycles. The molecule has 3 heterocycles. The van der Waals surface area contributed by atoms with Crippen molar-refractivity contribution in [1.29, 1.82) is 0 Å². The number of piperidine rings is 1. The van der Waals surface area contributed by atoms with Crippen molar-refractivity contribution in [3.8, 4) is 0 Å². The number of benzene rings is 1. The van der Waals surface area contributed by atoms with E-state index in [9.17, 15) is 8.42 Å². The highest BCUT2D eigenvalue weighted by Gasteiger charge is 2.48. The van der Waals surface area contributed by atoms with Crippen molar-refractivity contribution in [2.75, 3.05) is 0 Å². The Balaban J connectivity index is 1.64. The lowest BCUT2D eigenvalue weighted by Crippen LogP contribution is -2.47. The van der Waals surface area contributed by atoms with E-state index in [4.69, 9.17) is 11.6 Å². The molecule has 1 aromatic carbocycles. The molecule has 0 spiro atoms. The molecule has 0 radical (unpaired) electrons. The van der Waals surface area contributed by atoms with Crippen LogP contribution in [0.1, 0.15) is 31.7 Å². The maximum atomic E-state index is 13.0. The first kappa shape index (κ1) is 15.1. The lowest BCUT2D eigenvalue weighted by atomic mass is 10.0. The molecule has 0 N–H and O–H groups in total. The van der Waals surface area contributed by atoms with Gasteiger partial charge >= 0.3 is 0 Å². The zero-order chi connectivity index (χ0) is 16.0. The second kappa shape index (κ2) is 5.58. The minimum absolute atomic E-state index is 0.00808. The Bertz CT molecular complexity index is 795. The van der Waals surface area contributed by atoms with Crippen LogP contribution in [-0.2, 0) is 10.0 Å². The molecule has 6 nitrogen and oxygen atoms in total. The van der Waals surface area contributed by atoms with Gasteiger partial charge in [-0.25, -0.2) is 8.42 Å². The molecular weight excluding hydrogens is 336 g/mol. The number of rotatable bonds is 3. The fourth-order valence-corrected chi connectivity index (χ4v) is 6.04. The van der Waals surface area contributed by atoms with E-state index >= 15 is 0 Å². The van der Waals surface area contributed by atoms with E-state index in [1.54, 1.807) is 39.7 Å². The van der Waals surface area contributed by atoms with E-state index in [2.05, 4.69) is 10.2 Å². The molecule has 122 valence electrons. The lowest BCUT2D eigenvalue weighted by Gasteiger charge is -2.37. The first-order valence-corrected chi connectivity index (χ1v) is 9.52. The molecule has 1 aromatic heterocycles. The Morgan fingerprint density at radius 3 is 2.30 bits per heavy atom. The zero-order valence-electron chi connectivity index (χ0n) is 12.4. The third-order valence-corrected chi connectivity index (χ3v) is 7.01. The Kier molecular flexibility index (Phi) is 3.66. The average Bonchev–Trinajstić information content (AvgIpc) is 3.14. The molecule has 0 aliphatic carbocycles. The monoisotopic (exact) mass is 352 g/mol. The van der Waals surface area contributed by atoms with E-state index in [1.165, 1.54) is 6.07 Å². The standard InChI is InChI=1S/C15H17ClN4O2S/c16-11-2-1-3-15(8-11)23(21,22)19-12-4-5-13(19)10-14(9-12)20-17-6-7-18-20/h1-3,6-8,12-14H,4-5,9-10H2. The van der Waals surface area contributed by atoms with E-state index < -0.39 is 10.0 Å². The topological polar surface area (TPSA) is 68.1 Å². The van der Waals surface area contributed by atoms with Gasteiger partial charge in [-0.05, 0) is 43.9 Å². The van der Waals surface area contributed by atoms with Gasteiger partial charge in [-0.3, -0.25) is 0 Å². The Hall–Kier alpha value is -1.44. The Morgan fingerprint density at radius 2 is 1.70 bits per heavy atom. The quantitative estimate of drug-likeness (QED) is 0.851. The smallest absolute Gasteiger partial charge is 0.207 e. The van der Waals surface area contributed by atoms with Gasteiger partial charge in [-0.2, -0.15) is 19.3 Å². The van der Waals surface area contributed by atoms with Crippen LogP contribution < -0.4 is 0 Å². The molecule has 2 fully saturated rings. The molecule has 2 aliphatic rings. The Labute approximate surface area is 140 Å². The summed E-state index contributed by atoms with van der Waals surface area (Å²) < 4.78 is 27.7. The van der Waals surface area contributed by atoms with Crippen LogP contribution in [0.15, 0.2) is 41.6 Å². The Morgan fingerprint density at radius 1 is 1.04 bits per heavy atom. The van der Waals surface area contributed by atoms with Crippen LogP contribution in [0.3, 0.4) is 0 Å². The van der Waals surface area contributed by atoms with E-state index in [1.807, 2.05) is 0 Å². The normalized spacial score (nSPS) is 28.1.